The lowest BCUT2D eigenvalue weighted by molar-refractivity contribution is 0.315. The van der Waals surface area contributed by atoms with E-state index in [-0.39, 0.29) is 5.75 Å². The van der Waals surface area contributed by atoms with Crippen LogP contribution in [0.4, 0.5) is 4.39 Å². The van der Waals surface area contributed by atoms with Gasteiger partial charge in [-0.25, -0.2) is 4.39 Å². The Labute approximate surface area is 130 Å². The fourth-order valence-corrected chi connectivity index (χ4v) is 3.39. The Morgan fingerprint density at radius 1 is 1.14 bits per heavy atom. The molecule has 2 atom stereocenters. The van der Waals surface area contributed by atoms with Gasteiger partial charge >= 0.3 is 0 Å². The quantitative estimate of drug-likeness (QED) is 0.913. The number of phenols is 1. The van der Waals surface area contributed by atoms with Gasteiger partial charge in [-0.2, -0.15) is 0 Å². The van der Waals surface area contributed by atoms with Gasteiger partial charge < -0.3 is 10.8 Å². The second-order valence-electron chi connectivity index (χ2n) is 6.02. The lowest BCUT2D eigenvalue weighted by Crippen LogP contribution is -2.23. The molecule has 0 spiro atoms. The van der Waals surface area contributed by atoms with E-state index in [4.69, 9.17) is 5.73 Å². The summed E-state index contributed by atoms with van der Waals surface area (Å²) >= 11 is 0. The number of nitrogens with zero attached hydrogens (tertiary/aromatic N) is 1. The van der Waals surface area contributed by atoms with Gasteiger partial charge in [0.15, 0.2) is 0 Å². The third-order valence-electron chi connectivity index (χ3n) is 4.40. The van der Waals surface area contributed by atoms with E-state index in [0.717, 1.165) is 24.7 Å². The van der Waals surface area contributed by atoms with Crippen molar-refractivity contribution in [3.8, 4) is 5.75 Å². The lowest BCUT2D eigenvalue weighted by Gasteiger charge is -2.17. The Bertz CT molecular complexity index is 612. The van der Waals surface area contributed by atoms with Crippen LogP contribution in [-0.2, 0) is 6.54 Å². The number of halogens is 1. The molecular formula is C18H21FN2O. The smallest absolute Gasteiger partial charge is 0.127 e. The van der Waals surface area contributed by atoms with Crippen molar-refractivity contribution in [1.82, 2.24) is 4.90 Å². The molecule has 1 heterocycles. The summed E-state index contributed by atoms with van der Waals surface area (Å²) in [5.74, 6) is 0.395. The molecule has 3 rings (SSSR count). The minimum absolute atomic E-state index is 0.0239. The van der Waals surface area contributed by atoms with Crippen LogP contribution in [0, 0.1) is 11.7 Å². The van der Waals surface area contributed by atoms with E-state index in [1.807, 2.05) is 6.07 Å². The van der Waals surface area contributed by atoms with E-state index in [0.29, 0.717) is 24.9 Å². The number of nitrogens with two attached hydrogens (primary N) is 1. The third kappa shape index (κ3) is 3.29. The predicted molar refractivity (Wildman–Crippen MR) is 85.1 cm³/mol. The number of benzene rings is 2. The summed E-state index contributed by atoms with van der Waals surface area (Å²) in [5.41, 5.74) is 8.04. The van der Waals surface area contributed by atoms with Crippen molar-refractivity contribution in [2.45, 2.75) is 12.5 Å². The van der Waals surface area contributed by atoms with Crippen molar-refractivity contribution in [3.05, 3.63) is 65.5 Å². The minimum Gasteiger partial charge on any atom is -0.508 e. The number of rotatable bonds is 4. The van der Waals surface area contributed by atoms with Gasteiger partial charge in [0.05, 0.1) is 0 Å². The second-order valence-corrected chi connectivity index (χ2v) is 6.02. The average Bonchev–Trinajstić information content (AvgIpc) is 2.90. The molecule has 0 saturated carbocycles. The van der Waals surface area contributed by atoms with Crippen LogP contribution in [0.5, 0.6) is 5.75 Å². The number of hydrogen-bond acceptors (Lipinski definition) is 3. The summed E-state index contributed by atoms with van der Waals surface area (Å²) < 4.78 is 13.4. The van der Waals surface area contributed by atoms with Crippen molar-refractivity contribution < 1.29 is 9.50 Å². The molecule has 1 fully saturated rings. The van der Waals surface area contributed by atoms with Crippen LogP contribution in [-0.4, -0.2) is 29.6 Å². The number of hydrogen-bond donors (Lipinski definition) is 2. The highest BCUT2D eigenvalue weighted by Crippen LogP contribution is 2.33. The van der Waals surface area contributed by atoms with Crippen molar-refractivity contribution in [3.63, 3.8) is 0 Å². The van der Waals surface area contributed by atoms with Gasteiger partial charge in [0.1, 0.15) is 11.6 Å². The molecule has 3 nitrogen and oxygen atoms in total. The molecule has 0 unspecified atom stereocenters. The minimum atomic E-state index is -0.399. The zero-order valence-electron chi connectivity index (χ0n) is 12.5. The largest absolute Gasteiger partial charge is 0.508 e. The molecule has 1 aliphatic heterocycles. The fraction of sp³-hybridized carbons (Fsp3) is 0.333. The average molecular weight is 300 g/mol. The molecule has 2 aromatic carbocycles. The molecule has 116 valence electrons. The molecule has 0 aliphatic carbocycles. The second kappa shape index (κ2) is 6.46. The molecule has 4 heteroatoms. The van der Waals surface area contributed by atoms with Gasteiger partial charge in [-0.1, -0.05) is 30.3 Å². The molecule has 1 aliphatic rings. The SMILES string of the molecule is NC[C@@H]1CN(Cc2cc(O)cc(F)c2)C[C@H]1c1ccccc1. The third-order valence-corrected chi connectivity index (χ3v) is 4.40. The van der Waals surface area contributed by atoms with Crippen molar-refractivity contribution in [1.29, 1.82) is 0 Å². The van der Waals surface area contributed by atoms with Crippen molar-refractivity contribution in [2.75, 3.05) is 19.6 Å². The Kier molecular flexibility index (Phi) is 4.41. The van der Waals surface area contributed by atoms with Crippen LogP contribution in [0.1, 0.15) is 17.0 Å². The Hall–Kier alpha value is -1.91. The molecule has 0 aromatic heterocycles. The molecular weight excluding hydrogens is 279 g/mol. The molecule has 3 N–H and O–H groups in total. The highest BCUT2D eigenvalue weighted by molar-refractivity contribution is 5.29. The Morgan fingerprint density at radius 3 is 2.59 bits per heavy atom. The first kappa shape index (κ1) is 15.0. The summed E-state index contributed by atoms with van der Waals surface area (Å²) in [5, 5.41) is 9.52. The van der Waals surface area contributed by atoms with Gasteiger partial charge in [0, 0.05) is 31.6 Å². The highest BCUT2D eigenvalue weighted by atomic mass is 19.1. The zero-order valence-corrected chi connectivity index (χ0v) is 12.5. The maximum atomic E-state index is 13.4. The van der Waals surface area contributed by atoms with Crippen LogP contribution in [0.25, 0.3) is 0 Å². The van der Waals surface area contributed by atoms with Crippen LogP contribution in [0.3, 0.4) is 0 Å². The first-order valence-corrected chi connectivity index (χ1v) is 7.61. The molecule has 0 amide bonds. The van der Waals surface area contributed by atoms with Gasteiger partial charge in [-0.15, -0.1) is 0 Å². The van der Waals surface area contributed by atoms with E-state index < -0.39 is 5.82 Å². The van der Waals surface area contributed by atoms with Gasteiger partial charge in [-0.3, -0.25) is 4.90 Å². The number of phenolic OH excluding ortho intramolecular Hbond substituents is 1. The van der Waals surface area contributed by atoms with Gasteiger partial charge in [0.25, 0.3) is 0 Å². The van der Waals surface area contributed by atoms with E-state index in [9.17, 15) is 9.50 Å². The first-order valence-electron chi connectivity index (χ1n) is 7.61. The predicted octanol–water partition coefficient (Wildman–Crippen LogP) is 2.71. The first-order chi connectivity index (χ1) is 10.7. The summed E-state index contributed by atoms with van der Waals surface area (Å²) in [6.45, 7) is 3.08. The van der Waals surface area contributed by atoms with E-state index in [2.05, 4.69) is 29.2 Å². The van der Waals surface area contributed by atoms with Crippen LogP contribution in [0.2, 0.25) is 0 Å². The maximum Gasteiger partial charge on any atom is 0.127 e. The highest BCUT2D eigenvalue weighted by Gasteiger charge is 2.32. The molecule has 1 saturated heterocycles. The monoisotopic (exact) mass is 300 g/mol. The normalized spacial score (nSPS) is 22.1. The zero-order chi connectivity index (χ0) is 15.5. The van der Waals surface area contributed by atoms with Crippen LogP contribution < -0.4 is 5.73 Å². The van der Waals surface area contributed by atoms with E-state index >= 15 is 0 Å². The van der Waals surface area contributed by atoms with Crippen molar-refractivity contribution in [2.24, 2.45) is 11.7 Å². The number of likely N-dealkylation sites (tertiary alicyclic amines) is 1. The summed E-state index contributed by atoms with van der Waals surface area (Å²) in [4.78, 5) is 2.28. The Morgan fingerprint density at radius 2 is 1.91 bits per heavy atom. The fourth-order valence-electron chi connectivity index (χ4n) is 3.39. The summed E-state index contributed by atoms with van der Waals surface area (Å²) in [6.07, 6.45) is 0. The molecule has 0 bridgehead atoms. The van der Waals surface area contributed by atoms with E-state index in [1.165, 1.54) is 11.6 Å². The van der Waals surface area contributed by atoms with Crippen LogP contribution in [0.15, 0.2) is 48.5 Å². The van der Waals surface area contributed by atoms with Gasteiger partial charge in [-0.05, 0) is 35.7 Å². The topological polar surface area (TPSA) is 49.5 Å². The van der Waals surface area contributed by atoms with Crippen molar-refractivity contribution >= 4 is 0 Å². The molecule has 2 aromatic rings. The van der Waals surface area contributed by atoms with Crippen LogP contribution >= 0.6 is 0 Å². The van der Waals surface area contributed by atoms with Gasteiger partial charge in [0.2, 0.25) is 0 Å². The molecule has 22 heavy (non-hydrogen) atoms. The summed E-state index contributed by atoms with van der Waals surface area (Å²) in [7, 11) is 0. The lowest BCUT2D eigenvalue weighted by atomic mass is 9.89. The maximum absolute atomic E-state index is 13.4. The Balaban J connectivity index is 1.74. The number of aromatic hydroxyl groups is 1. The van der Waals surface area contributed by atoms with E-state index in [1.54, 1.807) is 6.07 Å². The summed E-state index contributed by atoms with van der Waals surface area (Å²) in [6, 6.07) is 14.6. The molecule has 0 radical (unpaired) electrons. The standard InChI is InChI=1S/C18H21FN2O/c19-16-6-13(7-17(22)8-16)10-21-11-15(9-20)18(12-21)14-4-2-1-3-5-14/h1-8,15,18,22H,9-12,20H2/t15-,18+/m1/s1.